The summed E-state index contributed by atoms with van der Waals surface area (Å²) >= 11 is 0. The average molecular weight is 345 g/mol. The molecule has 2 rings (SSSR count). The van der Waals surface area contributed by atoms with E-state index in [4.69, 9.17) is 4.84 Å². The van der Waals surface area contributed by atoms with Gasteiger partial charge in [0.05, 0.1) is 20.1 Å². The minimum Gasteiger partial charge on any atom is -0.469 e. The van der Waals surface area contributed by atoms with Crippen LogP contribution in [0, 0.1) is 5.82 Å². The van der Waals surface area contributed by atoms with Gasteiger partial charge in [-0.05, 0) is 23.6 Å². The van der Waals surface area contributed by atoms with Crippen molar-refractivity contribution in [2.75, 3.05) is 7.11 Å². The predicted octanol–water partition coefficient (Wildman–Crippen LogP) is 2.83. The lowest BCUT2D eigenvalue weighted by Gasteiger charge is -2.18. The predicted molar refractivity (Wildman–Crippen MR) is 90.3 cm³/mol. The van der Waals surface area contributed by atoms with Crippen molar-refractivity contribution in [3.8, 4) is 0 Å². The Morgan fingerprint density at radius 3 is 2.52 bits per heavy atom. The fraction of sp³-hybridized carbons (Fsp3) is 0.263. The number of aldehydes is 1. The van der Waals surface area contributed by atoms with E-state index in [1.807, 2.05) is 0 Å². The molecule has 0 radical (unpaired) electrons. The molecule has 2 aromatic rings. The van der Waals surface area contributed by atoms with Crippen LogP contribution in [0.25, 0.3) is 0 Å². The number of ether oxygens (including phenoxy) is 1. The fourth-order valence-electron chi connectivity index (χ4n) is 2.39. The highest BCUT2D eigenvalue weighted by atomic mass is 19.1. The molecule has 6 heteroatoms. The second-order valence-corrected chi connectivity index (χ2v) is 5.50. The second-order valence-electron chi connectivity index (χ2n) is 5.50. The Balaban J connectivity index is 1.99. The molecule has 0 unspecified atom stereocenters. The molecule has 0 heterocycles. The van der Waals surface area contributed by atoms with E-state index in [2.05, 4.69) is 10.2 Å². The Hall–Kier alpha value is -2.57. The van der Waals surface area contributed by atoms with Crippen molar-refractivity contribution in [3.63, 3.8) is 0 Å². The lowest BCUT2D eigenvalue weighted by atomic mass is 10.0. The summed E-state index contributed by atoms with van der Waals surface area (Å²) < 4.78 is 18.5. The summed E-state index contributed by atoms with van der Waals surface area (Å²) in [7, 11) is 1.30. The smallest absolute Gasteiger partial charge is 0.307 e. The van der Waals surface area contributed by atoms with E-state index in [1.165, 1.54) is 13.2 Å². The van der Waals surface area contributed by atoms with Crippen LogP contribution in [-0.4, -0.2) is 25.4 Å². The largest absolute Gasteiger partial charge is 0.469 e. The third kappa shape index (κ3) is 5.77. The number of esters is 1. The molecule has 0 aliphatic heterocycles. The molecule has 0 saturated heterocycles. The minimum atomic E-state index is -0.465. The second kappa shape index (κ2) is 9.66. The van der Waals surface area contributed by atoms with Gasteiger partial charge in [0.15, 0.2) is 0 Å². The quantitative estimate of drug-likeness (QED) is 0.430. The first-order valence-corrected chi connectivity index (χ1v) is 7.84. The number of carbonyl (C=O) groups excluding carboxylic acids is 2. The van der Waals surface area contributed by atoms with Gasteiger partial charge in [-0.15, -0.1) is 0 Å². The lowest BCUT2D eigenvalue weighted by Crippen LogP contribution is -2.34. The monoisotopic (exact) mass is 345 g/mol. The standard InChI is InChI=1S/C19H20FNO4/c1-24-19(23)11-17(10-14-6-4-5-9-18(14)20)21-25-13-16-8-3-2-7-15(16)12-22/h2-9,12,17,21H,10-11,13H2,1H3/t17-/m1/s1. The third-order valence-corrected chi connectivity index (χ3v) is 3.72. The summed E-state index contributed by atoms with van der Waals surface area (Å²) in [5.41, 5.74) is 4.50. The molecule has 0 spiro atoms. The Kier molecular flexibility index (Phi) is 7.25. The van der Waals surface area contributed by atoms with Gasteiger partial charge < -0.3 is 4.74 Å². The van der Waals surface area contributed by atoms with E-state index in [1.54, 1.807) is 42.5 Å². The van der Waals surface area contributed by atoms with Gasteiger partial charge in [-0.2, -0.15) is 5.48 Å². The van der Waals surface area contributed by atoms with Crippen LogP contribution >= 0.6 is 0 Å². The zero-order valence-electron chi connectivity index (χ0n) is 13.9. The zero-order chi connectivity index (χ0) is 18.1. The molecule has 0 aromatic heterocycles. The Morgan fingerprint density at radius 1 is 1.16 bits per heavy atom. The van der Waals surface area contributed by atoms with Gasteiger partial charge in [-0.3, -0.25) is 14.4 Å². The molecular formula is C19H20FNO4. The molecular weight excluding hydrogens is 325 g/mol. The molecule has 0 fully saturated rings. The maximum Gasteiger partial charge on any atom is 0.307 e. The number of benzene rings is 2. The van der Waals surface area contributed by atoms with E-state index in [0.717, 1.165) is 6.29 Å². The fourth-order valence-corrected chi connectivity index (χ4v) is 2.39. The highest BCUT2D eigenvalue weighted by Gasteiger charge is 2.17. The van der Waals surface area contributed by atoms with E-state index in [-0.39, 0.29) is 25.3 Å². The molecule has 1 N–H and O–H groups in total. The molecule has 0 aliphatic carbocycles. The van der Waals surface area contributed by atoms with Crippen molar-refractivity contribution in [3.05, 3.63) is 71.0 Å². The van der Waals surface area contributed by atoms with Crippen molar-refractivity contribution < 1.29 is 23.6 Å². The van der Waals surface area contributed by atoms with Crippen LogP contribution in [0.4, 0.5) is 4.39 Å². The summed E-state index contributed by atoms with van der Waals surface area (Å²) in [5.74, 6) is -0.767. The normalized spacial score (nSPS) is 11.8. The van der Waals surface area contributed by atoms with Crippen LogP contribution in [0.5, 0.6) is 0 Å². The zero-order valence-corrected chi connectivity index (χ0v) is 13.9. The van der Waals surface area contributed by atoms with Gasteiger partial charge in [-0.1, -0.05) is 42.5 Å². The summed E-state index contributed by atoms with van der Waals surface area (Å²) in [6.45, 7) is 0.143. The number of hydroxylamine groups is 1. The van der Waals surface area contributed by atoms with E-state index in [0.29, 0.717) is 16.7 Å². The van der Waals surface area contributed by atoms with Gasteiger partial charge in [-0.25, -0.2) is 4.39 Å². The maximum absolute atomic E-state index is 13.8. The summed E-state index contributed by atoms with van der Waals surface area (Å²) in [6, 6.07) is 12.9. The number of carbonyl (C=O) groups is 2. The van der Waals surface area contributed by atoms with Crippen LogP contribution in [0.2, 0.25) is 0 Å². The summed E-state index contributed by atoms with van der Waals surface area (Å²) in [6.07, 6.45) is 1.04. The minimum absolute atomic E-state index is 0.0279. The molecule has 1 atom stereocenters. The Bertz CT molecular complexity index is 720. The molecule has 25 heavy (non-hydrogen) atoms. The molecule has 5 nitrogen and oxygen atoms in total. The molecule has 0 amide bonds. The maximum atomic E-state index is 13.8. The number of methoxy groups -OCH3 is 1. The highest BCUT2D eigenvalue weighted by Crippen LogP contribution is 2.12. The number of hydrogen-bond donors (Lipinski definition) is 1. The van der Waals surface area contributed by atoms with Crippen LogP contribution in [0.3, 0.4) is 0 Å². The van der Waals surface area contributed by atoms with E-state index in [9.17, 15) is 14.0 Å². The Morgan fingerprint density at radius 2 is 1.84 bits per heavy atom. The van der Waals surface area contributed by atoms with Gasteiger partial charge in [0.1, 0.15) is 12.1 Å². The summed E-state index contributed by atoms with van der Waals surface area (Å²) in [5, 5.41) is 0. The molecule has 0 saturated carbocycles. The van der Waals surface area contributed by atoms with Crippen LogP contribution in [0.15, 0.2) is 48.5 Å². The van der Waals surface area contributed by atoms with Gasteiger partial charge >= 0.3 is 5.97 Å². The lowest BCUT2D eigenvalue weighted by molar-refractivity contribution is -0.142. The Labute approximate surface area is 145 Å². The summed E-state index contributed by atoms with van der Waals surface area (Å²) in [4.78, 5) is 28.0. The van der Waals surface area contributed by atoms with E-state index >= 15 is 0 Å². The first-order chi connectivity index (χ1) is 12.1. The van der Waals surface area contributed by atoms with Crippen molar-refractivity contribution >= 4 is 12.3 Å². The first kappa shape index (κ1) is 18.8. The van der Waals surface area contributed by atoms with Crippen LogP contribution in [0.1, 0.15) is 27.9 Å². The van der Waals surface area contributed by atoms with Gasteiger partial charge in [0.2, 0.25) is 0 Å². The van der Waals surface area contributed by atoms with Gasteiger partial charge in [0, 0.05) is 11.6 Å². The van der Waals surface area contributed by atoms with Crippen LogP contribution < -0.4 is 5.48 Å². The number of halogens is 1. The average Bonchev–Trinajstić information content (AvgIpc) is 2.63. The molecule has 2 aromatic carbocycles. The molecule has 0 bridgehead atoms. The number of rotatable bonds is 9. The van der Waals surface area contributed by atoms with Crippen LogP contribution in [-0.2, 0) is 27.4 Å². The van der Waals surface area contributed by atoms with Gasteiger partial charge in [0.25, 0.3) is 0 Å². The van der Waals surface area contributed by atoms with Crippen molar-refractivity contribution in [2.45, 2.75) is 25.5 Å². The van der Waals surface area contributed by atoms with E-state index < -0.39 is 12.0 Å². The number of hydrogen-bond acceptors (Lipinski definition) is 5. The third-order valence-electron chi connectivity index (χ3n) is 3.72. The topological polar surface area (TPSA) is 64.6 Å². The van der Waals surface area contributed by atoms with Crippen molar-refractivity contribution in [1.82, 2.24) is 5.48 Å². The first-order valence-electron chi connectivity index (χ1n) is 7.84. The number of nitrogens with one attached hydrogen (secondary N) is 1. The van der Waals surface area contributed by atoms with Crippen molar-refractivity contribution in [1.29, 1.82) is 0 Å². The SMILES string of the molecule is COC(=O)C[C@@H](Cc1ccccc1F)NOCc1ccccc1C=O. The van der Waals surface area contributed by atoms with Crippen molar-refractivity contribution in [2.24, 2.45) is 0 Å². The molecule has 0 aliphatic rings. The highest BCUT2D eigenvalue weighted by molar-refractivity contribution is 5.77. The molecule has 132 valence electrons.